The van der Waals surface area contributed by atoms with E-state index in [0.29, 0.717) is 38.5 Å². The van der Waals surface area contributed by atoms with Crippen molar-refractivity contribution in [3.05, 3.63) is 0 Å². The highest BCUT2D eigenvalue weighted by Crippen LogP contribution is 2.56. The van der Waals surface area contributed by atoms with Crippen LogP contribution in [0.3, 0.4) is 0 Å². The number of hydrogen-bond donors (Lipinski definition) is 1. The van der Waals surface area contributed by atoms with Gasteiger partial charge in [0.05, 0.1) is 11.8 Å². The quantitative estimate of drug-likeness (QED) is 0.832. The largest absolute Gasteiger partial charge is 0.481 e. The zero-order chi connectivity index (χ0) is 17.5. The highest BCUT2D eigenvalue weighted by atomic mass is 19.4. The molecule has 1 saturated heterocycles. The second-order valence-electron chi connectivity index (χ2n) is 7.76. The van der Waals surface area contributed by atoms with Crippen molar-refractivity contribution in [3.8, 4) is 0 Å². The third-order valence-corrected chi connectivity index (χ3v) is 6.36. The SMILES string of the molecule is O=C(O)C1CCCC(C(=O)N2CCC(C(F)(F)F)C3(CCC3)C2)C1. The molecule has 136 valence electrons. The molecule has 1 aliphatic heterocycles. The maximum absolute atomic E-state index is 13.3. The van der Waals surface area contributed by atoms with Gasteiger partial charge < -0.3 is 10.0 Å². The van der Waals surface area contributed by atoms with Gasteiger partial charge in [0.25, 0.3) is 0 Å². The van der Waals surface area contributed by atoms with E-state index in [9.17, 15) is 22.8 Å². The molecule has 1 amide bonds. The summed E-state index contributed by atoms with van der Waals surface area (Å²) in [6.45, 7) is 0.323. The van der Waals surface area contributed by atoms with Gasteiger partial charge in [-0.1, -0.05) is 12.8 Å². The van der Waals surface area contributed by atoms with E-state index >= 15 is 0 Å². The number of rotatable bonds is 2. The van der Waals surface area contributed by atoms with Gasteiger partial charge in [-0.2, -0.15) is 13.2 Å². The van der Waals surface area contributed by atoms with Crippen LogP contribution in [0.4, 0.5) is 13.2 Å². The van der Waals surface area contributed by atoms with Crippen molar-refractivity contribution >= 4 is 11.9 Å². The molecular formula is C17H24F3NO3. The van der Waals surface area contributed by atoms with Gasteiger partial charge in [-0.15, -0.1) is 0 Å². The Morgan fingerprint density at radius 2 is 1.71 bits per heavy atom. The third kappa shape index (κ3) is 3.14. The van der Waals surface area contributed by atoms with E-state index in [0.717, 1.165) is 6.42 Å². The second-order valence-corrected chi connectivity index (χ2v) is 7.76. The highest BCUT2D eigenvalue weighted by molar-refractivity contribution is 5.80. The summed E-state index contributed by atoms with van der Waals surface area (Å²) < 4.78 is 39.9. The highest BCUT2D eigenvalue weighted by Gasteiger charge is 2.58. The molecule has 3 rings (SSSR count). The first-order chi connectivity index (χ1) is 11.2. The fourth-order valence-electron chi connectivity index (χ4n) is 4.89. The van der Waals surface area contributed by atoms with Crippen LogP contribution in [-0.4, -0.2) is 41.1 Å². The van der Waals surface area contributed by atoms with Crippen LogP contribution in [0.25, 0.3) is 0 Å². The van der Waals surface area contributed by atoms with Crippen LogP contribution in [0, 0.1) is 23.2 Å². The average molecular weight is 347 g/mol. The summed E-state index contributed by atoms with van der Waals surface area (Å²) in [5.41, 5.74) is -0.799. The molecule has 3 aliphatic rings. The summed E-state index contributed by atoms with van der Waals surface area (Å²) in [6.07, 6.45) is -0.128. The van der Waals surface area contributed by atoms with Gasteiger partial charge in [-0.3, -0.25) is 9.59 Å². The minimum absolute atomic E-state index is 0.0235. The van der Waals surface area contributed by atoms with Crippen molar-refractivity contribution in [2.75, 3.05) is 13.1 Å². The lowest BCUT2D eigenvalue weighted by Gasteiger charge is -2.54. The molecule has 7 heteroatoms. The summed E-state index contributed by atoms with van der Waals surface area (Å²) in [4.78, 5) is 25.5. The van der Waals surface area contributed by atoms with Crippen molar-refractivity contribution < 1.29 is 27.9 Å². The molecule has 0 aromatic carbocycles. The smallest absolute Gasteiger partial charge is 0.392 e. The number of carboxylic acid groups (broad SMARTS) is 1. The molecule has 3 atom stereocenters. The fourth-order valence-corrected chi connectivity index (χ4v) is 4.89. The molecule has 24 heavy (non-hydrogen) atoms. The van der Waals surface area contributed by atoms with E-state index < -0.39 is 29.4 Å². The van der Waals surface area contributed by atoms with Crippen molar-refractivity contribution in [3.63, 3.8) is 0 Å². The van der Waals surface area contributed by atoms with Crippen LogP contribution < -0.4 is 0 Å². The molecule has 3 fully saturated rings. The lowest BCUT2D eigenvalue weighted by Crippen LogP contribution is -2.58. The Morgan fingerprint density at radius 1 is 1.04 bits per heavy atom. The number of nitrogens with zero attached hydrogens (tertiary/aromatic N) is 1. The minimum Gasteiger partial charge on any atom is -0.481 e. The molecule has 0 aromatic rings. The normalized spacial score (nSPS) is 33.1. The molecule has 0 bridgehead atoms. The summed E-state index contributed by atoms with van der Waals surface area (Å²) in [7, 11) is 0. The predicted molar refractivity (Wildman–Crippen MR) is 80.1 cm³/mol. The average Bonchev–Trinajstić information content (AvgIpc) is 2.51. The Balaban J connectivity index is 1.68. The first-order valence-electron chi connectivity index (χ1n) is 8.81. The van der Waals surface area contributed by atoms with Crippen LogP contribution in [0.1, 0.15) is 51.4 Å². The first kappa shape index (κ1) is 17.5. The van der Waals surface area contributed by atoms with Crippen LogP contribution in [0.5, 0.6) is 0 Å². The maximum atomic E-state index is 13.3. The molecule has 1 spiro atoms. The monoisotopic (exact) mass is 347 g/mol. The Hall–Kier alpha value is -1.27. The zero-order valence-corrected chi connectivity index (χ0v) is 13.6. The van der Waals surface area contributed by atoms with E-state index in [1.807, 2.05) is 0 Å². The Bertz CT molecular complexity index is 516. The van der Waals surface area contributed by atoms with Gasteiger partial charge in [0.15, 0.2) is 0 Å². The van der Waals surface area contributed by atoms with Crippen LogP contribution in [0.2, 0.25) is 0 Å². The number of hydrogen-bond acceptors (Lipinski definition) is 2. The van der Waals surface area contributed by atoms with Gasteiger partial charge in [0.2, 0.25) is 5.91 Å². The van der Waals surface area contributed by atoms with Crippen molar-refractivity contribution in [2.24, 2.45) is 23.2 Å². The fraction of sp³-hybridized carbons (Fsp3) is 0.882. The van der Waals surface area contributed by atoms with E-state index in [2.05, 4.69) is 0 Å². The van der Waals surface area contributed by atoms with E-state index in [4.69, 9.17) is 5.11 Å². The predicted octanol–water partition coefficient (Wildman–Crippen LogP) is 3.46. The van der Waals surface area contributed by atoms with Gasteiger partial charge in [-0.25, -0.2) is 0 Å². The molecule has 4 nitrogen and oxygen atoms in total. The number of amides is 1. The number of likely N-dealkylation sites (tertiary alicyclic amines) is 1. The molecular weight excluding hydrogens is 323 g/mol. The van der Waals surface area contributed by atoms with Gasteiger partial charge >= 0.3 is 12.1 Å². The van der Waals surface area contributed by atoms with E-state index in [-0.39, 0.29) is 31.3 Å². The molecule has 2 aliphatic carbocycles. The molecule has 2 saturated carbocycles. The molecule has 0 aromatic heterocycles. The van der Waals surface area contributed by atoms with Crippen LogP contribution in [-0.2, 0) is 9.59 Å². The van der Waals surface area contributed by atoms with E-state index in [1.54, 1.807) is 4.90 Å². The Kier molecular flexibility index (Phi) is 4.55. The maximum Gasteiger partial charge on any atom is 0.392 e. The number of carboxylic acids is 1. The second kappa shape index (κ2) is 6.23. The molecule has 3 unspecified atom stereocenters. The van der Waals surface area contributed by atoms with Crippen LogP contribution >= 0.6 is 0 Å². The van der Waals surface area contributed by atoms with Gasteiger partial charge in [-0.05, 0) is 43.9 Å². The van der Waals surface area contributed by atoms with Crippen molar-refractivity contribution in [1.29, 1.82) is 0 Å². The lowest BCUT2D eigenvalue weighted by atomic mass is 9.58. The Labute approximate surface area is 139 Å². The molecule has 1 N–H and O–H groups in total. The van der Waals surface area contributed by atoms with Crippen LogP contribution in [0.15, 0.2) is 0 Å². The van der Waals surface area contributed by atoms with E-state index in [1.165, 1.54) is 0 Å². The minimum atomic E-state index is -4.20. The summed E-state index contributed by atoms with van der Waals surface area (Å²) >= 11 is 0. The van der Waals surface area contributed by atoms with Gasteiger partial charge in [0.1, 0.15) is 0 Å². The Morgan fingerprint density at radius 3 is 2.25 bits per heavy atom. The number of aliphatic carboxylic acids is 1. The number of carbonyl (C=O) groups excluding carboxylic acids is 1. The van der Waals surface area contributed by atoms with Crippen molar-refractivity contribution in [2.45, 2.75) is 57.5 Å². The standard InChI is InChI=1S/C17H24F3NO3/c18-17(19,20)13-5-8-21(10-16(13)6-2-7-16)14(22)11-3-1-4-12(9-11)15(23)24/h11-13H,1-10H2,(H,23,24). The van der Waals surface area contributed by atoms with Crippen molar-refractivity contribution in [1.82, 2.24) is 4.90 Å². The summed E-state index contributed by atoms with van der Waals surface area (Å²) in [5.74, 6) is -3.16. The number of alkyl halides is 3. The number of piperidine rings is 1. The third-order valence-electron chi connectivity index (χ3n) is 6.36. The summed E-state index contributed by atoms with van der Waals surface area (Å²) in [6, 6.07) is 0. The zero-order valence-electron chi connectivity index (χ0n) is 13.6. The molecule has 0 radical (unpaired) electrons. The number of carbonyl (C=O) groups is 2. The topological polar surface area (TPSA) is 57.6 Å². The first-order valence-corrected chi connectivity index (χ1v) is 8.81. The molecule has 1 heterocycles. The summed E-state index contributed by atoms with van der Waals surface area (Å²) in [5, 5.41) is 9.15. The van der Waals surface area contributed by atoms with Gasteiger partial charge in [0, 0.05) is 19.0 Å². The lowest BCUT2D eigenvalue weighted by molar-refractivity contribution is -0.238. The number of halogens is 3.